The second-order valence-electron chi connectivity index (χ2n) is 11.3. The van der Waals surface area contributed by atoms with Crippen molar-refractivity contribution in [3.05, 3.63) is 29.8 Å². The molecule has 0 radical (unpaired) electrons. The van der Waals surface area contributed by atoms with Gasteiger partial charge in [-0.05, 0) is 64.6 Å². The quantitative estimate of drug-likeness (QED) is 0.645. The van der Waals surface area contributed by atoms with E-state index in [0.29, 0.717) is 19.4 Å². The summed E-state index contributed by atoms with van der Waals surface area (Å²) in [6.07, 6.45) is 8.65. The monoisotopic (exact) mass is 484 g/mol. The minimum absolute atomic E-state index is 0.00972. The first-order valence-corrected chi connectivity index (χ1v) is 13.5. The number of para-hydroxylation sites is 1. The number of rotatable bonds is 6. The predicted molar refractivity (Wildman–Crippen MR) is 132 cm³/mol. The van der Waals surface area contributed by atoms with Crippen molar-refractivity contribution in [2.45, 2.75) is 88.4 Å². The highest BCUT2D eigenvalue weighted by Crippen LogP contribution is 2.55. The van der Waals surface area contributed by atoms with Crippen molar-refractivity contribution in [3.8, 4) is 5.75 Å². The van der Waals surface area contributed by atoms with E-state index in [1.165, 1.54) is 25.7 Å². The van der Waals surface area contributed by atoms with E-state index in [1.807, 2.05) is 25.1 Å². The summed E-state index contributed by atoms with van der Waals surface area (Å²) in [7, 11) is 0. The number of carboxylic acid groups (broad SMARTS) is 1. The Morgan fingerprint density at radius 2 is 1.83 bits per heavy atom. The van der Waals surface area contributed by atoms with E-state index >= 15 is 0 Å². The van der Waals surface area contributed by atoms with Crippen LogP contribution in [0.1, 0.15) is 82.8 Å². The number of fused-ring (bicyclic) bond motifs is 3. The average Bonchev–Trinajstić information content (AvgIpc) is 3.07. The number of hydrogen-bond donors (Lipinski definition) is 1. The van der Waals surface area contributed by atoms with Crippen molar-refractivity contribution < 1.29 is 24.2 Å². The molecule has 0 saturated carbocycles. The Bertz CT molecular complexity index is 930. The Kier molecular flexibility index (Phi) is 7.09. The van der Waals surface area contributed by atoms with E-state index in [4.69, 9.17) is 9.47 Å². The van der Waals surface area contributed by atoms with Crippen molar-refractivity contribution in [1.82, 2.24) is 9.80 Å². The number of ether oxygens (including phenoxy) is 2. The zero-order valence-electron chi connectivity index (χ0n) is 21.0. The molecule has 7 nitrogen and oxygen atoms in total. The van der Waals surface area contributed by atoms with Crippen molar-refractivity contribution in [2.24, 2.45) is 5.92 Å². The Hall–Kier alpha value is -2.12. The van der Waals surface area contributed by atoms with Crippen LogP contribution in [0.3, 0.4) is 0 Å². The normalized spacial score (nSPS) is 33.0. The third-order valence-corrected chi connectivity index (χ3v) is 8.92. The largest absolute Gasteiger partial charge is 0.487 e. The van der Waals surface area contributed by atoms with E-state index in [0.717, 1.165) is 56.8 Å². The van der Waals surface area contributed by atoms with Crippen LogP contribution in [0.25, 0.3) is 0 Å². The molecule has 1 aromatic rings. The summed E-state index contributed by atoms with van der Waals surface area (Å²) < 4.78 is 13.1. The molecule has 4 atom stereocenters. The van der Waals surface area contributed by atoms with Crippen LogP contribution in [0.4, 0.5) is 0 Å². The highest BCUT2D eigenvalue weighted by atomic mass is 16.5. The molecule has 0 unspecified atom stereocenters. The molecule has 192 valence electrons. The first-order chi connectivity index (χ1) is 16.9. The molecular weight excluding hydrogens is 444 g/mol. The fraction of sp³-hybridized carbons (Fsp3) is 0.714. The molecule has 1 N–H and O–H groups in total. The molecule has 0 bridgehead atoms. The standard InChI is InChI=1S/C28H40N2O5/c1-27(14-11-25(32)33)22-19-28(20-34-26(22)21-9-4-5-10-23(21)35-27)13-8-17-30(28)24(31)12-18-29-15-6-2-3-7-16-29/h4-5,9-10,22,26H,2-3,6-8,11-20H2,1H3,(H,32,33)/t22-,26+,27+,28+/m1/s1. The highest BCUT2D eigenvalue weighted by molar-refractivity contribution is 5.77. The number of benzene rings is 1. The molecule has 3 fully saturated rings. The van der Waals surface area contributed by atoms with E-state index < -0.39 is 11.6 Å². The van der Waals surface area contributed by atoms with E-state index in [-0.39, 0.29) is 29.9 Å². The van der Waals surface area contributed by atoms with Crippen molar-refractivity contribution >= 4 is 11.9 Å². The summed E-state index contributed by atoms with van der Waals surface area (Å²) >= 11 is 0. The Labute approximate surface area is 208 Å². The zero-order valence-corrected chi connectivity index (χ0v) is 21.0. The molecule has 5 rings (SSSR count). The predicted octanol–water partition coefficient (Wildman–Crippen LogP) is 4.41. The maximum Gasteiger partial charge on any atom is 0.303 e. The molecular formula is C28H40N2O5. The third-order valence-electron chi connectivity index (χ3n) is 8.92. The number of carbonyl (C=O) groups excluding carboxylic acids is 1. The van der Waals surface area contributed by atoms with Crippen LogP contribution in [-0.2, 0) is 14.3 Å². The summed E-state index contributed by atoms with van der Waals surface area (Å²) in [6, 6.07) is 7.96. The number of carboxylic acids is 1. The van der Waals surface area contributed by atoms with Crippen LogP contribution in [0.15, 0.2) is 24.3 Å². The van der Waals surface area contributed by atoms with Crippen LogP contribution in [0, 0.1) is 5.92 Å². The molecule has 1 spiro atoms. The second kappa shape index (κ2) is 10.1. The van der Waals surface area contributed by atoms with Gasteiger partial charge in [-0.3, -0.25) is 9.59 Å². The van der Waals surface area contributed by atoms with Gasteiger partial charge in [0.25, 0.3) is 0 Å². The van der Waals surface area contributed by atoms with E-state index in [2.05, 4.69) is 15.9 Å². The van der Waals surface area contributed by atoms with Crippen LogP contribution in [0.2, 0.25) is 0 Å². The topological polar surface area (TPSA) is 79.3 Å². The first-order valence-electron chi connectivity index (χ1n) is 13.5. The Balaban J connectivity index is 1.34. The van der Waals surface area contributed by atoms with Gasteiger partial charge in [-0.2, -0.15) is 0 Å². The van der Waals surface area contributed by atoms with Crippen LogP contribution < -0.4 is 4.74 Å². The van der Waals surface area contributed by atoms with E-state index in [1.54, 1.807) is 0 Å². The van der Waals surface area contributed by atoms with Gasteiger partial charge < -0.3 is 24.4 Å². The Morgan fingerprint density at radius 1 is 1.06 bits per heavy atom. The minimum Gasteiger partial charge on any atom is -0.487 e. The number of nitrogens with zero attached hydrogens (tertiary/aromatic N) is 2. The Morgan fingerprint density at radius 3 is 2.60 bits per heavy atom. The molecule has 0 aromatic heterocycles. The molecule has 1 aromatic carbocycles. The SMILES string of the molecule is C[C@@]1(CCC(=O)O)Oc2ccccc2[C@@H]2OC[C@]3(CCCN3C(=O)CCN3CCCCCC3)C[C@H]21. The van der Waals surface area contributed by atoms with Gasteiger partial charge in [0.1, 0.15) is 11.4 Å². The lowest BCUT2D eigenvalue weighted by atomic mass is 9.68. The molecule has 1 amide bonds. The van der Waals surface area contributed by atoms with Gasteiger partial charge in [0.15, 0.2) is 0 Å². The van der Waals surface area contributed by atoms with Crippen molar-refractivity contribution in [3.63, 3.8) is 0 Å². The molecule has 4 aliphatic heterocycles. The van der Waals surface area contributed by atoms with Gasteiger partial charge in [-0.25, -0.2) is 0 Å². The maximum atomic E-state index is 13.5. The molecule has 7 heteroatoms. The fourth-order valence-corrected chi connectivity index (χ4v) is 6.94. The van der Waals surface area contributed by atoms with Gasteiger partial charge >= 0.3 is 5.97 Å². The van der Waals surface area contributed by atoms with Gasteiger partial charge in [0, 0.05) is 37.4 Å². The average molecular weight is 485 g/mol. The van der Waals surface area contributed by atoms with Crippen molar-refractivity contribution in [1.29, 1.82) is 0 Å². The summed E-state index contributed by atoms with van der Waals surface area (Å²) in [4.78, 5) is 29.5. The van der Waals surface area contributed by atoms with Crippen LogP contribution in [-0.4, -0.2) is 70.7 Å². The maximum absolute atomic E-state index is 13.5. The summed E-state index contributed by atoms with van der Waals surface area (Å²) in [5.74, 6) is 0.194. The molecule has 3 saturated heterocycles. The van der Waals surface area contributed by atoms with Gasteiger partial charge in [-0.1, -0.05) is 31.0 Å². The lowest BCUT2D eigenvalue weighted by Crippen LogP contribution is -2.60. The minimum atomic E-state index is -0.817. The lowest BCUT2D eigenvalue weighted by Gasteiger charge is -2.54. The smallest absolute Gasteiger partial charge is 0.303 e. The molecule has 35 heavy (non-hydrogen) atoms. The number of amides is 1. The molecule has 4 aliphatic rings. The second-order valence-corrected chi connectivity index (χ2v) is 11.3. The number of hydrogen-bond acceptors (Lipinski definition) is 5. The fourth-order valence-electron chi connectivity index (χ4n) is 6.94. The molecule has 0 aliphatic carbocycles. The highest BCUT2D eigenvalue weighted by Gasteiger charge is 2.57. The number of carbonyl (C=O) groups is 2. The first kappa shape index (κ1) is 24.6. The van der Waals surface area contributed by atoms with E-state index in [9.17, 15) is 14.7 Å². The van der Waals surface area contributed by atoms with Crippen LogP contribution in [0.5, 0.6) is 5.75 Å². The lowest BCUT2D eigenvalue weighted by molar-refractivity contribution is -0.180. The van der Waals surface area contributed by atoms with Gasteiger partial charge in [-0.15, -0.1) is 0 Å². The zero-order chi connectivity index (χ0) is 24.5. The van der Waals surface area contributed by atoms with Gasteiger partial charge in [0.05, 0.1) is 18.2 Å². The van der Waals surface area contributed by atoms with Gasteiger partial charge in [0.2, 0.25) is 5.91 Å². The molecule has 4 heterocycles. The summed E-state index contributed by atoms with van der Waals surface area (Å²) in [5.41, 5.74) is 0.0583. The number of likely N-dealkylation sites (tertiary alicyclic amines) is 2. The summed E-state index contributed by atoms with van der Waals surface area (Å²) in [5, 5.41) is 9.41. The third kappa shape index (κ3) is 4.94. The summed E-state index contributed by atoms with van der Waals surface area (Å²) in [6.45, 7) is 6.39. The van der Waals surface area contributed by atoms with Crippen molar-refractivity contribution in [2.75, 3.05) is 32.8 Å². The number of aliphatic carboxylic acids is 1. The van der Waals surface area contributed by atoms with Crippen LogP contribution >= 0.6 is 0 Å².